The van der Waals surface area contributed by atoms with Crippen molar-refractivity contribution in [3.8, 4) is 0 Å². The molecule has 1 fully saturated rings. The van der Waals surface area contributed by atoms with Gasteiger partial charge in [-0.15, -0.1) is 0 Å². The Balaban J connectivity index is 1.92. The molecule has 1 aromatic heterocycles. The lowest BCUT2D eigenvalue weighted by Gasteiger charge is -2.22. The van der Waals surface area contributed by atoms with Gasteiger partial charge in [-0.3, -0.25) is 0 Å². The Labute approximate surface area is 86.5 Å². The van der Waals surface area contributed by atoms with Gasteiger partial charge in [-0.1, -0.05) is 0 Å². The van der Waals surface area contributed by atoms with Gasteiger partial charge in [0.2, 0.25) is 5.95 Å². The van der Waals surface area contributed by atoms with E-state index in [9.17, 15) is 4.39 Å². The van der Waals surface area contributed by atoms with Gasteiger partial charge in [-0.2, -0.15) is 11.8 Å². The summed E-state index contributed by atoms with van der Waals surface area (Å²) in [6.07, 6.45) is 4.74. The van der Waals surface area contributed by atoms with E-state index in [4.69, 9.17) is 0 Å². The second kappa shape index (κ2) is 4.59. The first kappa shape index (κ1) is 9.71. The zero-order valence-electron chi connectivity index (χ0n) is 7.74. The number of hydrogen-bond acceptors (Lipinski definition) is 4. The van der Waals surface area contributed by atoms with Gasteiger partial charge in [0.25, 0.3) is 0 Å². The van der Waals surface area contributed by atoms with E-state index in [1.807, 2.05) is 11.8 Å². The van der Waals surface area contributed by atoms with Gasteiger partial charge in [0, 0.05) is 11.8 Å². The Morgan fingerprint density at radius 3 is 2.86 bits per heavy atom. The SMILES string of the molecule is Fc1cnc(NC2CCCSC2)nc1. The predicted octanol–water partition coefficient (Wildman–Crippen LogP) is 1.92. The number of halogens is 1. The van der Waals surface area contributed by atoms with Gasteiger partial charge in [0.05, 0.1) is 12.4 Å². The quantitative estimate of drug-likeness (QED) is 0.814. The molecule has 0 bridgehead atoms. The van der Waals surface area contributed by atoms with Gasteiger partial charge in [0.1, 0.15) is 0 Å². The van der Waals surface area contributed by atoms with E-state index in [2.05, 4.69) is 15.3 Å². The Morgan fingerprint density at radius 1 is 1.43 bits per heavy atom. The molecular weight excluding hydrogens is 201 g/mol. The molecular formula is C9H12FN3S. The van der Waals surface area contributed by atoms with Crippen molar-refractivity contribution in [2.45, 2.75) is 18.9 Å². The standard InChI is InChI=1S/C9H12FN3S/c10-7-4-11-9(12-5-7)13-8-2-1-3-14-6-8/h4-5,8H,1-3,6H2,(H,11,12,13). The second-order valence-corrected chi connectivity index (χ2v) is 4.43. The van der Waals surface area contributed by atoms with Crippen LogP contribution < -0.4 is 5.32 Å². The fourth-order valence-electron chi connectivity index (χ4n) is 1.42. The molecule has 1 N–H and O–H groups in total. The summed E-state index contributed by atoms with van der Waals surface area (Å²) in [5.74, 6) is 2.45. The Kier molecular flexibility index (Phi) is 3.18. The van der Waals surface area contributed by atoms with Crippen LogP contribution >= 0.6 is 11.8 Å². The third-order valence-corrected chi connectivity index (χ3v) is 3.33. The minimum atomic E-state index is -0.395. The molecule has 1 saturated heterocycles. The van der Waals surface area contributed by atoms with Gasteiger partial charge in [-0.25, -0.2) is 14.4 Å². The maximum atomic E-state index is 12.5. The molecule has 0 aromatic carbocycles. The van der Waals surface area contributed by atoms with Crippen molar-refractivity contribution >= 4 is 17.7 Å². The minimum absolute atomic E-state index is 0.395. The Hall–Kier alpha value is -0.840. The molecule has 1 unspecified atom stereocenters. The fourth-order valence-corrected chi connectivity index (χ4v) is 2.50. The molecule has 1 aliphatic rings. The van der Waals surface area contributed by atoms with E-state index in [1.54, 1.807) is 0 Å². The Morgan fingerprint density at radius 2 is 2.21 bits per heavy atom. The highest BCUT2D eigenvalue weighted by Crippen LogP contribution is 2.19. The highest BCUT2D eigenvalue weighted by atomic mass is 32.2. The average Bonchev–Trinajstić information content (AvgIpc) is 2.23. The van der Waals surface area contributed by atoms with E-state index >= 15 is 0 Å². The fraction of sp³-hybridized carbons (Fsp3) is 0.556. The summed E-state index contributed by atoms with van der Waals surface area (Å²) < 4.78 is 12.5. The molecule has 0 amide bonds. The molecule has 2 heterocycles. The summed E-state index contributed by atoms with van der Waals surface area (Å²) in [6.45, 7) is 0. The minimum Gasteiger partial charge on any atom is -0.351 e. The molecule has 0 spiro atoms. The molecule has 1 aromatic rings. The zero-order chi connectivity index (χ0) is 9.80. The summed E-state index contributed by atoms with van der Waals surface area (Å²) in [7, 11) is 0. The lowest BCUT2D eigenvalue weighted by atomic mass is 10.2. The third-order valence-electron chi connectivity index (χ3n) is 2.11. The van der Waals surface area contributed by atoms with Crippen LogP contribution in [0.3, 0.4) is 0 Å². The highest BCUT2D eigenvalue weighted by molar-refractivity contribution is 7.99. The Bertz CT molecular complexity index is 285. The molecule has 2 rings (SSSR count). The number of thioether (sulfide) groups is 1. The van der Waals surface area contributed by atoms with Crippen molar-refractivity contribution in [3.05, 3.63) is 18.2 Å². The van der Waals surface area contributed by atoms with Crippen molar-refractivity contribution in [1.29, 1.82) is 0 Å². The normalized spacial score (nSPS) is 21.9. The number of nitrogens with zero attached hydrogens (tertiary/aromatic N) is 2. The van der Waals surface area contributed by atoms with E-state index in [-0.39, 0.29) is 0 Å². The maximum Gasteiger partial charge on any atom is 0.223 e. The first-order valence-corrected chi connectivity index (χ1v) is 5.82. The van der Waals surface area contributed by atoms with Crippen molar-refractivity contribution < 1.29 is 4.39 Å². The van der Waals surface area contributed by atoms with Crippen molar-refractivity contribution in [3.63, 3.8) is 0 Å². The van der Waals surface area contributed by atoms with Crippen LogP contribution in [0.25, 0.3) is 0 Å². The lowest BCUT2D eigenvalue weighted by molar-refractivity contribution is 0.611. The summed E-state index contributed by atoms with van der Waals surface area (Å²) in [4.78, 5) is 7.73. The molecule has 1 aliphatic heterocycles. The average molecular weight is 213 g/mol. The number of nitrogens with one attached hydrogen (secondary N) is 1. The molecule has 5 heteroatoms. The monoisotopic (exact) mass is 213 g/mol. The molecule has 14 heavy (non-hydrogen) atoms. The smallest absolute Gasteiger partial charge is 0.223 e. The zero-order valence-corrected chi connectivity index (χ0v) is 8.56. The van der Waals surface area contributed by atoms with Gasteiger partial charge < -0.3 is 5.32 Å². The van der Waals surface area contributed by atoms with E-state index in [0.717, 1.165) is 12.2 Å². The van der Waals surface area contributed by atoms with Gasteiger partial charge in [0.15, 0.2) is 5.82 Å². The summed E-state index contributed by atoms with van der Waals surface area (Å²) >= 11 is 1.93. The highest BCUT2D eigenvalue weighted by Gasteiger charge is 2.13. The van der Waals surface area contributed by atoms with Crippen LogP contribution in [0.2, 0.25) is 0 Å². The first-order valence-electron chi connectivity index (χ1n) is 4.66. The molecule has 76 valence electrons. The van der Waals surface area contributed by atoms with Crippen LogP contribution in [0.1, 0.15) is 12.8 Å². The predicted molar refractivity (Wildman–Crippen MR) is 56.0 cm³/mol. The molecule has 0 saturated carbocycles. The van der Waals surface area contributed by atoms with Crippen LogP contribution in [0, 0.1) is 5.82 Å². The van der Waals surface area contributed by atoms with Crippen LogP contribution in [0.15, 0.2) is 12.4 Å². The summed E-state index contributed by atoms with van der Waals surface area (Å²) in [5.41, 5.74) is 0. The van der Waals surface area contributed by atoms with E-state index < -0.39 is 5.82 Å². The number of anilines is 1. The van der Waals surface area contributed by atoms with Crippen molar-refractivity contribution in [2.75, 3.05) is 16.8 Å². The van der Waals surface area contributed by atoms with Gasteiger partial charge in [-0.05, 0) is 18.6 Å². The number of hydrogen-bond donors (Lipinski definition) is 1. The van der Waals surface area contributed by atoms with Gasteiger partial charge >= 0.3 is 0 Å². The largest absolute Gasteiger partial charge is 0.351 e. The lowest BCUT2D eigenvalue weighted by Crippen LogP contribution is -2.26. The second-order valence-electron chi connectivity index (χ2n) is 3.28. The molecule has 0 radical (unpaired) electrons. The van der Waals surface area contributed by atoms with Crippen LogP contribution in [0.5, 0.6) is 0 Å². The van der Waals surface area contributed by atoms with Crippen molar-refractivity contribution in [2.24, 2.45) is 0 Å². The third kappa shape index (κ3) is 2.57. The summed E-state index contributed by atoms with van der Waals surface area (Å²) in [5, 5.41) is 3.20. The van der Waals surface area contributed by atoms with Crippen molar-refractivity contribution in [1.82, 2.24) is 9.97 Å². The van der Waals surface area contributed by atoms with Crippen LogP contribution in [-0.4, -0.2) is 27.5 Å². The van der Waals surface area contributed by atoms with E-state index in [1.165, 1.54) is 24.6 Å². The topological polar surface area (TPSA) is 37.8 Å². The van der Waals surface area contributed by atoms with E-state index in [0.29, 0.717) is 12.0 Å². The molecule has 1 atom stereocenters. The first-order chi connectivity index (χ1) is 6.84. The molecule has 0 aliphatic carbocycles. The number of rotatable bonds is 2. The van der Waals surface area contributed by atoms with Crippen LogP contribution in [0.4, 0.5) is 10.3 Å². The summed E-state index contributed by atoms with van der Waals surface area (Å²) in [6, 6.07) is 0.430. The maximum absolute atomic E-state index is 12.5. The molecule has 3 nitrogen and oxygen atoms in total. The van der Waals surface area contributed by atoms with Crippen LogP contribution in [-0.2, 0) is 0 Å². The number of aromatic nitrogens is 2.